The Labute approximate surface area is 82.5 Å². The summed E-state index contributed by atoms with van der Waals surface area (Å²) in [5, 5.41) is 3.14. The predicted molar refractivity (Wildman–Crippen MR) is 42.8 cm³/mol. The fourth-order valence-corrected chi connectivity index (χ4v) is 0.910. The van der Waals surface area contributed by atoms with Crippen molar-refractivity contribution in [3.8, 4) is 0 Å². The molecule has 0 aliphatic carbocycles. The lowest BCUT2D eigenvalue weighted by Crippen LogP contribution is -2.13. The first kappa shape index (κ1) is 11.0. The van der Waals surface area contributed by atoms with E-state index >= 15 is 0 Å². The van der Waals surface area contributed by atoms with Crippen molar-refractivity contribution in [3.63, 3.8) is 0 Å². The number of halogens is 4. The third kappa shape index (κ3) is 2.25. The van der Waals surface area contributed by atoms with E-state index in [2.05, 4.69) is 5.10 Å². The van der Waals surface area contributed by atoms with Crippen molar-refractivity contribution in [3.05, 3.63) is 18.0 Å². The van der Waals surface area contributed by atoms with Crippen LogP contribution >= 0.6 is 11.6 Å². The molecule has 0 bridgehead atoms. The summed E-state index contributed by atoms with van der Waals surface area (Å²) in [4.78, 5) is 10.7. The standard InChI is InChI=1S/C7H6ClF3N2O/c1-4(14)6(8)13-3-2-5(12-13)7(9,10)11/h2-3,6H,1H3. The quantitative estimate of drug-likeness (QED) is 0.725. The molecule has 0 spiro atoms. The van der Waals surface area contributed by atoms with E-state index < -0.39 is 23.2 Å². The Morgan fingerprint density at radius 1 is 1.64 bits per heavy atom. The molecule has 0 aliphatic heterocycles. The molecular weight excluding hydrogens is 221 g/mol. The largest absolute Gasteiger partial charge is 0.435 e. The molecule has 0 aromatic carbocycles. The molecule has 0 N–H and O–H groups in total. The minimum Gasteiger partial charge on any atom is -0.296 e. The van der Waals surface area contributed by atoms with Crippen molar-refractivity contribution >= 4 is 17.4 Å². The first-order valence-electron chi connectivity index (χ1n) is 3.59. The Morgan fingerprint density at radius 2 is 2.21 bits per heavy atom. The maximum atomic E-state index is 12.1. The average Bonchev–Trinajstić information content (AvgIpc) is 2.49. The van der Waals surface area contributed by atoms with Crippen molar-refractivity contribution < 1.29 is 18.0 Å². The topological polar surface area (TPSA) is 34.9 Å². The van der Waals surface area contributed by atoms with Crippen LogP contribution in [0.4, 0.5) is 13.2 Å². The van der Waals surface area contributed by atoms with Gasteiger partial charge in [-0.3, -0.25) is 4.79 Å². The van der Waals surface area contributed by atoms with E-state index in [9.17, 15) is 18.0 Å². The molecule has 7 heteroatoms. The number of Topliss-reactive ketones (excluding diaryl/α,β-unsaturated/α-hetero) is 1. The normalized spacial score (nSPS) is 14.1. The van der Waals surface area contributed by atoms with E-state index in [4.69, 9.17) is 11.6 Å². The minimum atomic E-state index is -4.52. The van der Waals surface area contributed by atoms with Crippen molar-refractivity contribution in [2.45, 2.75) is 18.6 Å². The highest BCUT2D eigenvalue weighted by atomic mass is 35.5. The zero-order valence-corrected chi connectivity index (χ0v) is 7.80. The Bertz CT molecular complexity index is 347. The summed E-state index contributed by atoms with van der Waals surface area (Å²) in [5.74, 6) is -0.469. The van der Waals surface area contributed by atoms with Gasteiger partial charge in [0, 0.05) is 6.20 Å². The van der Waals surface area contributed by atoms with Crippen molar-refractivity contribution in [1.82, 2.24) is 9.78 Å². The number of hydrogen-bond donors (Lipinski definition) is 0. The number of alkyl halides is 4. The van der Waals surface area contributed by atoms with Gasteiger partial charge in [0.2, 0.25) is 0 Å². The van der Waals surface area contributed by atoms with Gasteiger partial charge in [0.25, 0.3) is 0 Å². The zero-order valence-electron chi connectivity index (χ0n) is 7.05. The predicted octanol–water partition coefficient (Wildman–Crippen LogP) is 2.23. The SMILES string of the molecule is CC(=O)C(Cl)n1ccc(C(F)(F)F)n1. The molecule has 1 heterocycles. The molecule has 1 aromatic rings. The second-order valence-electron chi connectivity index (χ2n) is 2.63. The summed E-state index contributed by atoms with van der Waals surface area (Å²) in [5.41, 5.74) is -2.25. The van der Waals surface area contributed by atoms with Gasteiger partial charge < -0.3 is 0 Å². The summed E-state index contributed by atoms with van der Waals surface area (Å²) in [7, 11) is 0. The molecule has 1 unspecified atom stereocenters. The second kappa shape index (κ2) is 3.61. The molecule has 3 nitrogen and oxygen atoms in total. The molecule has 0 aliphatic rings. The van der Waals surface area contributed by atoms with Crippen LogP contribution in [0.15, 0.2) is 12.3 Å². The summed E-state index contributed by atoms with van der Waals surface area (Å²) in [6.07, 6.45) is -3.50. The first-order valence-corrected chi connectivity index (χ1v) is 4.03. The number of hydrogen-bond acceptors (Lipinski definition) is 2. The van der Waals surface area contributed by atoms with Crippen molar-refractivity contribution in [1.29, 1.82) is 0 Å². The fourth-order valence-electron chi connectivity index (χ4n) is 0.802. The molecular formula is C7H6ClF3N2O. The molecule has 0 amide bonds. The van der Waals surface area contributed by atoms with Gasteiger partial charge in [-0.25, -0.2) is 4.68 Å². The van der Waals surface area contributed by atoms with Crippen LogP contribution in [0, 0.1) is 0 Å². The lowest BCUT2D eigenvalue weighted by atomic mass is 10.4. The second-order valence-corrected chi connectivity index (χ2v) is 3.04. The van der Waals surface area contributed by atoms with Gasteiger partial charge in [-0.05, 0) is 13.0 Å². The van der Waals surface area contributed by atoms with Gasteiger partial charge in [0.1, 0.15) is 0 Å². The molecule has 14 heavy (non-hydrogen) atoms. The van der Waals surface area contributed by atoms with E-state index in [0.29, 0.717) is 0 Å². The molecule has 0 fully saturated rings. The van der Waals surface area contributed by atoms with E-state index in [1.54, 1.807) is 0 Å². The first-order chi connectivity index (χ1) is 6.32. The van der Waals surface area contributed by atoms with Gasteiger partial charge in [0.15, 0.2) is 17.0 Å². The summed E-state index contributed by atoms with van der Waals surface area (Å²) >= 11 is 5.49. The van der Waals surface area contributed by atoms with Crippen molar-refractivity contribution in [2.24, 2.45) is 0 Å². The Morgan fingerprint density at radius 3 is 2.57 bits per heavy atom. The van der Waals surface area contributed by atoms with Gasteiger partial charge >= 0.3 is 6.18 Å². The molecule has 0 saturated carbocycles. The maximum Gasteiger partial charge on any atom is 0.435 e. The van der Waals surface area contributed by atoms with Gasteiger partial charge in [-0.15, -0.1) is 0 Å². The Hall–Kier alpha value is -1.04. The number of nitrogens with zero attached hydrogens (tertiary/aromatic N) is 2. The third-order valence-corrected chi connectivity index (χ3v) is 1.97. The number of ketones is 1. The third-order valence-electron chi connectivity index (χ3n) is 1.47. The summed E-state index contributed by atoms with van der Waals surface area (Å²) in [6, 6.07) is 0.762. The highest BCUT2D eigenvalue weighted by Gasteiger charge is 2.34. The van der Waals surface area contributed by atoms with Crippen LogP contribution in [0.3, 0.4) is 0 Å². The fraction of sp³-hybridized carbons (Fsp3) is 0.429. The van der Waals surface area contributed by atoms with E-state index in [1.165, 1.54) is 6.92 Å². The lowest BCUT2D eigenvalue weighted by molar-refractivity contribution is -0.141. The molecule has 0 saturated heterocycles. The molecule has 1 aromatic heterocycles. The van der Waals surface area contributed by atoms with E-state index in [1.807, 2.05) is 0 Å². The number of carbonyl (C=O) groups excluding carboxylic acids is 1. The van der Waals surface area contributed by atoms with Crippen LogP contribution < -0.4 is 0 Å². The van der Waals surface area contributed by atoms with Crippen LogP contribution in [0.25, 0.3) is 0 Å². The van der Waals surface area contributed by atoms with Crippen LogP contribution in [0.5, 0.6) is 0 Å². The van der Waals surface area contributed by atoms with Gasteiger partial charge in [-0.2, -0.15) is 18.3 Å². The van der Waals surface area contributed by atoms with E-state index in [0.717, 1.165) is 16.9 Å². The van der Waals surface area contributed by atoms with Crippen LogP contribution in [0.1, 0.15) is 18.1 Å². The highest BCUT2D eigenvalue weighted by Crippen LogP contribution is 2.28. The minimum absolute atomic E-state index is 0.469. The molecule has 1 atom stereocenters. The number of carbonyl (C=O) groups is 1. The maximum absolute atomic E-state index is 12.1. The zero-order chi connectivity index (χ0) is 10.9. The number of aromatic nitrogens is 2. The Balaban J connectivity index is 2.94. The number of rotatable bonds is 2. The van der Waals surface area contributed by atoms with Crippen LogP contribution in [0.2, 0.25) is 0 Å². The molecule has 1 rings (SSSR count). The Kier molecular flexibility index (Phi) is 2.84. The van der Waals surface area contributed by atoms with Crippen LogP contribution in [-0.2, 0) is 11.0 Å². The monoisotopic (exact) mass is 226 g/mol. The van der Waals surface area contributed by atoms with Gasteiger partial charge in [-0.1, -0.05) is 11.6 Å². The van der Waals surface area contributed by atoms with Gasteiger partial charge in [0.05, 0.1) is 0 Å². The average molecular weight is 227 g/mol. The molecule has 78 valence electrons. The molecule has 0 radical (unpaired) electrons. The smallest absolute Gasteiger partial charge is 0.296 e. The van der Waals surface area contributed by atoms with Crippen LogP contribution in [-0.4, -0.2) is 15.6 Å². The van der Waals surface area contributed by atoms with Crippen molar-refractivity contribution in [2.75, 3.05) is 0 Å². The summed E-state index contributed by atoms with van der Waals surface area (Å²) < 4.78 is 37.0. The van der Waals surface area contributed by atoms with E-state index in [-0.39, 0.29) is 0 Å². The highest BCUT2D eigenvalue weighted by molar-refractivity contribution is 6.28. The summed E-state index contributed by atoms with van der Waals surface area (Å²) in [6.45, 7) is 1.17. The lowest BCUT2D eigenvalue weighted by Gasteiger charge is -2.05.